The Hall–Kier alpha value is -0.570. The number of rotatable bonds is 2. The Kier molecular flexibility index (Phi) is 1.42. The second-order valence-electron chi connectivity index (χ2n) is 3.56. The van der Waals surface area contributed by atoms with E-state index < -0.39 is 0 Å². The van der Waals surface area contributed by atoms with Gasteiger partial charge in [0.1, 0.15) is 5.60 Å². The van der Waals surface area contributed by atoms with Gasteiger partial charge in [-0.3, -0.25) is 4.79 Å². The lowest BCUT2D eigenvalue weighted by molar-refractivity contribution is -0.119. The number of hydrogen-bond donors (Lipinski definition) is 1. The minimum absolute atomic E-state index is 0.107. The highest BCUT2D eigenvalue weighted by atomic mass is 16.6. The van der Waals surface area contributed by atoms with Gasteiger partial charge in [0, 0.05) is 0 Å². The first-order valence-corrected chi connectivity index (χ1v) is 4.19. The van der Waals surface area contributed by atoms with Crippen molar-refractivity contribution >= 4 is 5.91 Å². The highest BCUT2D eigenvalue weighted by molar-refractivity contribution is 5.75. The number of carbonyl (C=O) groups is 1. The minimum Gasteiger partial charge on any atom is -0.370 e. The number of amides is 1. The van der Waals surface area contributed by atoms with E-state index in [0.717, 1.165) is 12.8 Å². The molecule has 3 nitrogen and oxygen atoms in total. The molecular formula is C8H13NO2. The van der Waals surface area contributed by atoms with Crippen molar-refractivity contribution in [2.45, 2.75) is 43.8 Å². The number of primary amides is 1. The molecule has 0 radical (unpaired) electrons. The zero-order valence-electron chi connectivity index (χ0n) is 6.51. The van der Waals surface area contributed by atoms with Crippen LogP contribution < -0.4 is 5.73 Å². The monoisotopic (exact) mass is 155 g/mol. The molecular weight excluding hydrogens is 142 g/mol. The first kappa shape index (κ1) is 7.10. The SMILES string of the molecule is NC(=O)CC12CCCCC1O2. The standard InChI is InChI=1S/C8H13NO2/c9-7(10)5-8-4-2-1-3-6(8)11-8/h6H,1-5H2,(H2,9,10). The van der Waals surface area contributed by atoms with E-state index in [2.05, 4.69) is 0 Å². The van der Waals surface area contributed by atoms with Crippen LogP contribution in [-0.2, 0) is 9.53 Å². The normalized spacial score (nSPS) is 41.3. The maximum atomic E-state index is 10.6. The molecule has 1 aliphatic carbocycles. The summed E-state index contributed by atoms with van der Waals surface area (Å²) >= 11 is 0. The highest BCUT2D eigenvalue weighted by Gasteiger charge is 2.57. The van der Waals surface area contributed by atoms with Gasteiger partial charge in [0.2, 0.25) is 5.91 Å². The van der Waals surface area contributed by atoms with Crippen molar-refractivity contribution in [1.29, 1.82) is 0 Å². The molecule has 11 heavy (non-hydrogen) atoms. The maximum absolute atomic E-state index is 10.6. The first-order chi connectivity index (χ1) is 5.23. The molecule has 2 atom stereocenters. The quantitative estimate of drug-likeness (QED) is 0.593. The van der Waals surface area contributed by atoms with E-state index in [9.17, 15) is 4.79 Å². The minimum atomic E-state index is -0.227. The summed E-state index contributed by atoms with van der Waals surface area (Å²) in [6, 6.07) is 0. The molecule has 0 aromatic heterocycles. The van der Waals surface area contributed by atoms with Gasteiger partial charge in [-0.05, 0) is 12.8 Å². The second-order valence-corrected chi connectivity index (χ2v) is 3.56. The zero-order chi connectivity index (χ0) is 7.90. The number of ether oxygens (including phenoxy) is 1. The maximum Gasteiger partial charge on any atom is 0.220 e. The van der Waals surface area contributed by atoms with Crippen LogP contribution in [0.2, 0.25) is 0 Å². The van der Waals surface area contributed by atoms with Crippen LogP contribution in [0.25, 0.3) is 0 Å². The summed E-state index contributed by atoms with van der Waals surface area (Å²) in [7, 11) is 0. The third kappa shape index (κ3) is 1.13. The van der Waals surface area contributed by atoms with Crippen LogP contribution in [0.1, 0.15) is 32.1 Å². The average Bonchev–Trinajstić information content (AvgIpc) is 2.59. The van der Waals surface area contributed by atoms with Gasteiger partial charge >= 0.3 is 0 Å². The Morgan fingerprint density at radius 2 is 2.45 bits per heavy atom. The number of hydrogen-bond acceptors (Lipinski definition) is 2. The van der Waals surface area contributed by atoms with E-state index in [1.807, 2.05) is 0 Å². The Morgan fingerprint density at radius 3 is 3.09 bits per heavy atom. The molecule has 0 spiro atoms. The predicted octanol–water partition coefficient (Wildman–Crippen LogP) is 0.573. The van der Waals surface area contributed by atoms with Crippen LogP contribution in [0.4, 0.5) is 0 Å². The van der Waals surface area contributed by atoms with E-state index in [4.69, 9.17) is 10.5 Å². The van der Waals surface area contributed by atoms with E-state index >= 15 is 0 Å². The molecule has 1 saturated carbocycles. The second kappa shape index (κ2) is 2.21. The third-order valence-electron chi connectivity index (χ3n) is 2.70. The van der Waals surface area contributed by atoms with Crippen molar-refractivity contribution in [1.82, 2.24) is 0 Å². The first-order valence-electron chi connectivity index (χ1n) is 4.19. The molecule has 1 saturated heterocycles. The van der Waals surface area contributed by atoms with E-state index in [1.165, 1.54) is 12.8 Å². The summed E-state index contributed by atoms with van der Waals surface area (Å²) in [4.78, 5) is 10.6. The molecule has 2 N–H and O–H groups in total. The van der Waals surface area contributed by atoms with Crippen LogP contribution in [0.5, 0.6) is 0 Å². The molecule has 62 valence electrons. The fourth-order valence-corrected chi connectivity index (χ4v) is 2.08. The van der Waals surface area contributed by atoms with Crippen LogP contribution >= 0.6 is 0 Å². The molecule has 0 aromatic carbocycles. The van der Waals surface area contributed by atoms with E-state index in [1.54, 1.807) is 0 Å². The van der Waals surface area contributed by atoms with Gasteiger partial charge < -0.3 is 10.5 Å². The largest absolute Gasteiger partial charge is 0.370 e. The summed E-state index contributed by atoms with van der Waals surface area (Å²) in [5, 5.41) is 0. The predicted molar refractivity (Wildman–Crippen MR) is 39.9 cm³/mol. The van der Waals surface area contributed by atoms with Crippen molar-refractivity contribution in [2.24, 2.45) is 5.73 Å². The van der Waals surface area contributed by atoms with Gasteiger partial charge in [-0.2, -0.15) is 0 Å². The van der Waals surface area contributed by atoms with Gasteiger partial charge in [-0.25, -0.2) is 0 Å². The molecule has 2 fully saturated rings. The molecule has 0 aromatic rings. The van der Waals surface area contributed by atoms with Gasteiger partial charge in [-0.1, -0.05) is 12.8 Å². The Labute approximate surface area is 65.9 Å². The molecule has 1 amide bonds. The van der Waals surface area contributed by atoms with Crippen molar-refractivity contribution in [3.8, 4) is 0 Å². The molecule has 2 unspecified atom stereocenters. The smallest absolute Gasteiger partial charge is 0.220 e. The summed E-state index contributed by atoms with van der Waals surface area (Å²) in [6.45, 7) is 0. The summed E-state index contributed by atoms with van der Waals surface area (Å²) in [6.07, 6.45) is 5.35. The van der Waals surface area contributed by atoms with Crippen LogP contribution in [-0.4, -0.2) is 17.6 Å². The zero-order valence-corrected chi connectivity index (χ0v) is 6.51. The fourth-order valence-electron chi connectivity index (χ4n) is 2.08. The van der Waals surface area contributed by atoms with Crippen LogP contribution in [0.3, 0.4) is 0 Å². The number of epoxide rings is 1. The van der Waals surface area contributed by atoms with Crippen molar-refractivity contribution in [2.75, 3.05) is 0 Å². The Bertz CT molecular complexity index is 193. The molecule has 3 heteroatoms. The fraction of sp³-hybridized carbons (Fsp3) is 0.875. The van der Waals surface area contributed by atoms with Crippen molar-refractivity contribution in [3.05, 3.63) is 0 Å². The van der Waals surface area contributed by atoms with Crippen molar-refractivity contribution in [3.63, 3.8) is 0 Å². The van der Waals surface area contributed by atoms with Crippen LogP contribution in [0.15, 0.2) is 0 Å². The average molecular weight is 155 g/mol. The van der Waals surface area contributed by atoms with Gasteiger partial charge in [0.05, 0.1) is 12.5 Å². The third-order valence-corrected chi connectivity index (χ3v) is 2.70. The summed E-state index contributed by atoms with van der Waals surface area (Å²) in [5.74, 6) is -0.227. The highest BCUT2D eigenvalue weighted by Crippen LogP contribution is 2.49. The molecule has 2 aliphatic rings. The van der Waals surface area contributed by atoms with Crippen LogP contribution in [0, 0.1) is 0 Å². The topological polar surface area (TPSA) is 55.6 Å². The molecule has 2 rings (SSSR count). The Balaban J connectivity index is 1.96. The lowest BCUT2D eigenvalue weighted by Crippen LogP contribution is -2.26. The lowest BCUT2D eigenvalue weighted by Gasteiger charge is -2.14. The molecule has 0 bridgehead atoms. The number of nitrogens with two attached hydrogens (primary N) is 1. The van der Waals surface area contributed by atoms with Gasteiger partial charge in [0.15, 0.2) is 0 Å². The Morgan fingerprint density at radius 1 is 1.64 bits per heavy atom. The van der Waals surface area contributed by atoms with Gasteiger partial charge in [-0.15, -0.1) is 0 Å². The molecule has 1 heterocycles. The van der Waals surface area contributed by atoms with Gasteiger partial charge in [0.25, 0.3) is 0 Å². The van der Waals surface area contributed by atoms with Crippen molar-refractivity contribution < 1.29 is 9.53 Å². The lowest BCUT2D eigenvalue weighted by atomic mass is 9.87. The van der Waals surface area contributed by atoms with E-state index in [-0.39, 0.29) is 11.5 Å². The number of fused-ring (bicyclic) bond motifs is 1. The number of carbonyl (C=O) groups excluding carboxylic acids is 1. The van der Waals surface area contributed by atoms with E-state index in [0.29, 0.717) is 12.5 Å². The summed E-state index contributed by atoms with van der Waals surface area (Å²) < 4.78 is 5.48. The molecule has 1 aliphatic heterocycles. The summed E-state index contributed by atoms with van der Waals surface area (Å²) in [5.41, 5.74) is 5.01.